The van der Waals surface area contributed by atoms with E-state index in [1.54, 1.807) is 0 Å². The zero-order chi connectivity index (χ0) is 24.7. The summed E-state index contributed by atoms with van der Waals surface area (Å²) in [6.45, 7) is 11.5. The van der Waals surface area contributed by atoms with E-state index in [1.807, 2.05) is 42.5 Å². The predicted molar refractivity (Wildman–Crippen MR) is 139 cm³/mol. The summed E-state index contributed by atoms with van der Waals surface area (Å²) in [5, 5.41) is 0. The molecular formula is C30H37NO3. The van der Waals surface area contributed by atoms with Crippen molar-refractivity contribution < 1.29 is 14.3 Å². The van der Waals surface area contributed by atoms with Gasteiger partial charge in [0.15, 0.2) is 0 Å². The van der Waals surface area contributed by atoms with Gasteiger partial charge in [0.1, 0.15) is 5.60 Å². The van der Waals surface area contributed by atoms with Gasteiger partial charge in [-0.15, -0.1) is 0 Å². The fourth-order valence-electron chi connectivity index (χ4n) is 4.73. The first-order valence-electron chi connectivity index (χ1n) is 12.1. The summed E-state index contributed by atoms with van der Waals surface area (Å²) in [7, 11) is 1.40. The zero-order valence-corrected chi connectivity index (χ0v) is 21.2. The summed E-state index contributed by atoms with van der Waals surface area (Å²) in [6.07, 6.45) is 0.740. The second-order valence-electron chi connectivity index (χ2n) is 9.17. The third-order valence-electron chi connectivity index (χ3n) is 6.32. The van der Waals surface area contributed by atoms with Gasteiger partial charge in [0.25, 0.3) is 0 Å². The lowest BCUT2D eigenvalue weighted by Crippen LogP contribution is -2.37. The molecule has 0 aliphatic heterocycles. The van der Waals surface area contributed by atoms with Crippen LogP contribution < -0.4 is 4.90 Å². The first kappa shape index (κ1) is 25.5. The minimum atomic E-state index is -0.667. The van der Waals surface area contributed by atoms with Crippen molar-refractivity contribution in [2.45, 2.75) is 65.3 Å². The smallest absolute Gasteiger partial charge is 0.337 e. The van der Waals surface area contributed by atoms with Crippen LogP contribution in [0.3, 0.4) is 0 Å². The van der Waals surface area contributed by atoms with Crippen molar-refractivity contribution in [3.05, 3.63) is 101 Å². The maximum atomic E-state index is 12.0. The van der Waals surface area contributed by atoms with Gasteiger partial charge in [-0.1, -0.05) is 61.5 Å². The molecule has 34 heavy (non-hydrogen) atoms. The van der Waals surface area contributed by atoms with E-state index >= 15 is 0 Å². The second kappa shape index (κ2) is 11.3. The number of esters is 1. The Labute approximate surface area is 204 Å². The highest BCUT2D eigenvalue weighted by Gasteiger charge is 2.34. The third-order valence-corrected chi connectivity index (χ3v) is 6.32. The largest absolute Gasteiger partial charge is 0.465 e. The molecule has 3 aromatic rings. The highest BCUT2D eigenvalue weighted by atomic mass is 16.5. The Morgan fingerprint density at radius 3 is 2.06 bits per heavy atom. The Balaban J connectivity index is 2.10. The van der Waals surface area contributed by atoms with Crippen LogP contribution in [0.2, 0.25) is 0 Å². The summed E-state index contributed by atoms with van der Waals surface area (Å²) in [6, 6.07) is 27.2. The zero-order valence-electron chi connectivity index (χ0n) is 21.2. The topological polar surface area (TPSA) is 38.8 Å². The molecule has 0 heterocycles. The summed E-state index contributed by atoms with van der Waals surface area (Å²) >= 11 is 0. The molecule has 0 fully saturated rings. The van der Waals surface area contributed by atoms with Crippen molar-refractivity contribution in [2.75, 3.05) is 12.0 Å². The molecule has 0 radical (unpaired) electrons. The molecule has 0 saturated heterocycles. The molecule has 4 nitrogen and oxygen atoms in total. The van der Waals surface area contributed by atoms with Crippen molar-refractivity contribution in [2.24, 2.45) is 0 Å². The lowest BCUT2D eigenvalue weighted by atomic mass is 9.83. The number of anilines is 1. The van der Waals surface area contributed by atoms with Crippen LogP contribution in [-0.2, 0) is 21.7 Å². The van der Waals surface area contributed by atoms with E-state index < -0.39 is 5.60 Å². The molecule has 1 unspecified atom stereocenters. The summed E-state index contributed by atoms with van der Waals surface area (Å²) in [5.41, 5.74) is 4.26. The number of rotatable bonds is 10. The third kappa shape index (κ3) is 5.51. The van der Waals surface area contributed by atoms with Crippen LogP contribution in [0.5, 0.6) is 0 Å². The second-order valence-corrected chi connectivity index (χ2v) is 9.17. The molecule has 1 atom stereocenters. The number of hydrogen-bond acceptors (Lipinski definition) is 4. The van der Waals surface area contributed by atoms with Crippen LogP contribution in [0.1, 0.15) is 68.1 Å². The maximum absolute atomic E-state index is 12.0. The van der Waals surface area contributed by atoms with Gasteiger partial charge in [-0.05, 0) is 75.1 Å². The van der Waals surface area contributed by atoms with Gasteiger partial charge in [0.05, 0.1) is 19.3 Å². The Hall–Kier alpha value is -3.11. The van der Waals surface area contributed by atoms with Crippen LogP contribution in [0.15, 0.2) is 78.9 Å². The minimum absolute atomic E-state index is 0.342. The van der Waals surface area contributed by atoms with E-state index in [-0.39, 0.29) is 5.97 Å². The Morgan fingerprint density at radius 2 is 1.50 bits per heavy atom. The van der Waals surface area contributed by atoms with E-state index in [0.29, 0.717) is 24.3 Å². The van der Waals surface area contributed by atoms with Gasteiger partial charge < -0.3 is 14.4 Å². The molecule has 4 heteroatoms. The Kier molecular flexibility index (Phi) is 8.51. The summed E-state index contributed by atoms with van der Waals surface area (Å²) < 4.78 is 11.7. The van der Waals surface area contributed by atoms with Gasteiger partial charge in [0.2, 0.25) is 0 Å². The van der Waals surface area contributed by atoms with E-state index in [0.717, 1.165) is 23.1 Å². The number of carbonyl (C=O) groups is 1. The molecule has 0 aromatic heterocycles. The first-order valence-corrected chi connectivity index (χ1v) is 12.1. The van der Waals surface area contributed by atoms with Crippen molar-refractivity contribution in [3.63, 3.8) is 0 Å². The number of methoxy groups -OCH3 is 1. The molecule has 0 saturated carbocycles. The monoisotopic (exact) mass is 459 g/mol. The SMILES string of the molecule is CCC(OCc1ccccc1)(c1ccc(C(=O)OC)cc1)c1cccc(N(C(C)C)C(C)C)c1. The normalized spacial score (nSPS) is 13.1. The van der Waals surface area contributed by atoms with Crippen LogP contribution in [-0.4, -0.2) is 25.2 Å². The van der Waals surface area contributed by atoms with Crippen molar-refractivity contribution in [1.82, 2.24) is 0 Å². The Bertz CT molecular complexity index is 1050. The van der Waals surface area contributed by atoms with E-state index in [2.05, 4.69) is 75.9 Å². The lowest BCUT2D eigenvalue weighted by molar-refractivity contribution is -0.0334. The molecular weight excluding hydrogens is 422 g/mol. The molecule has 3 rings (SSSR count). The van der Waals surface area contributed by atoms with E-state index in [1.165, 1.54) is 12.8 Å². The van der Waals surface area contributed by atoms with Gasteiger partial charge in [-0.3, -0.25) is 0 Å². The highest BCUT2D eigenvalue weighted by Crippen LogP contribution is 2.40. The predicted octanol–water partition coefficient (Wildman–Crippen LogP) is 6.97. The molecule has 0 amide bonds. The quantitative estimate of drug-likeness (QED) is 0.307. The van der Waals surface area contributed by atoms with Gasteiger partial charge in [-0.2, -0.15) is 0 Å². The van der Waals surface area contributed by atoms with Crippen molar-refractivity contribution in [3.8, 4) is 0 Å². The standard InChI is InChI=1S/C30H37NO3/c1-7-30(34-21-24-12-9-8-10-13-24,26-18-16-25(17-19-26)29(32)33-6)27-14-11-15-28(20-27)31(22(2)3)23(4)5/h8-20,22-23H,7,21H2,1-6H3. The Morgan fingerprint density at radius 1 is 0.853 bits per heavy atom. The lowest BCUT2D eigenvalue weighted by Gasteiger charge is -2.37. The highest BCUT2D eigenvalue weighted by molar-refractivity contribution is 5.89. The van der Waals surface area contributed by atoms with E-state index in [9.17, 15) is 4.79 Å². The molecule has 180 valence electrons. The maximum Gasteiger partial charge on any atom is 0.337 e. The molecule has 0 N–H and O–H groups in total. The average molecular weight is 460 g/mol. The van der Waals surface area contributed by atoms with Crippen LogP contribution in [0, 0.1) is 0 Å². The summed E-state index contributed by atoms with van der Waals surface area (Å²) in [5.74, 6) is -0.342. The number of ether oxygens (including phenoxy) is 2. The fraction of sp³-hybridized carbons (Fsp3) is 0.367. The number of benzene rings is 3. The minimum Gasteiger partial charge on any atom is -0.465 e. The summed E-state index contributed by atoms with van der Waals surface area (Å²) in [4.78, 5) is 14.4. The van der Waals surface area contributed by atoms with Crippen LogP contribution >= 0.6 is 0 Å². The molecule has 0 aliphatic carbocycles. The van der Waals surface area contributed by atoms with Crippen LogP contribution in [0.25, 0.3) is 0 Å². The van der Waals surface area contributed by atoms with Crippen molar-refractivity contribution in [1.29, 1.82) is 0 Å². The van der Waals surface area contributed by atoms with E-state index in [4.69, 9.17) is 9.47 Å². The average Bonchev–Trinajstić information content (AvgIpc) is 2.85. The van der Waals surface area contributed by atoms with Gasteiger partial charge >= 0.3 is 5.97 Å². The fourth-order valence-corrected chi connectivity index (χ4v) is 4.73. The molecule has 0 aliphatic rings. The number of carbonyl (C=O) groups excluding carboxylic acids is 1. The molecule has 0 spiro atoms. The van der Waals surface area contributed by atoms with Crippen molar-refractivity contribution >= 4 is 11.7 Å². The number of hydrogen-bond donors (Lipinski definition) is 0. The number of nitrogens with zero attached hydrogens (tertiary/aromatic N) is 1. The van der Waals surface area contributed by atoms with Gasteiger partial charge in [-0.25, -0.2) is 4.79 Å². The first-order chi connectivity index (χ1) is 16.3. The molecule has 3 aromatic carbocycles. The van der Waals surface area contributed by atoms with Crippen LogP contribution in [0.4, 0.5) is 5.69 Å². The molecule has 0 bridgehead atoms. The van der Waals surface area contributed by atoms with Gasteiger partial charge in [0, 0.05) is 17.8 Å².